The lowest BCUT2D eigenvalue weighted by atomic mass is 10.1. The molecule has 0 saturated carbocycles. The van der Waals surface area contributed by atoms with Gasteiger partial charge >= 0.3 is 5.97 Å². The number of aromatic nitrogens is 1. The van der Waals surface area contributed by atoms with E-state index in [2.05, 4.69) is 10.3 Å². The highest BCUT2D eigenvalue weighted by Crippen LogP contribution is 2.28. The molecule has 4 rings (SSSR count). The van der Waals surface area contributed by atoms with Crippen LogP contribution in [0.2, 0.25) is 0 Å². The zero-order chi connectivity index (χ0) is 22.5. The van der Waals surface area contributed by atoms with Crippen LogP contribution in [0.25, 0.3) is 22.8 Å². The number of carbonyl (C=O) groups excluding carboxylic acids is 2. The molecule has 0 atom stereocenters. The molecule has 3 aromatic carbocycles. The lowest BCUT2D eigenvalue weighted by Gasteiger charge is -2.09. The van der Waals surface area contributed by atoms with E-state index in [9.17, 15) is 18.4 Å². The quantitative estimate of drug-likeness (QED) is 0.428. The van der Waals surface area contributed by atoms with Gasteiger partial charge in [-0.3, -0.25) is 4.79 Å². The predicted molar refractivity (Wildman–Crippen MR) is 113 cm³/mol. The van der Waals surface area contributed by atoms with Gasteiger partial charge in [-0.1, -0.05) is 42.5 Å². The molecule has 0 aliphatic rings. The number of hydrogen-bond acceptors (Lipinski definition) is 5. The zero-order valence-electron chi connectivity index (χ0n) is 16.5. The molecule has 0 aliphatic carbocycles. The standard InChI is InChI=1S/C24H16F2N2O4/c25-16-10-11-19(26)20(12-16)28-22(29)14-31-24(30)18-9-5-4-8-17(18)23-27-13-21(32-23)15-6-2-1-3-7-15/h1-13H,14H2,(H,28,29). The molecule has 4 aromatic rings. The van der Waals surface area contributed by atoms with Gasteiger partial charge in [-0.05, 0) is 24.3 Å². The molecule has 0 spiro atoms. The first-order chi connectivity index (χ1) is 15.5. The third-order valence-corrected chi connectivity index (χ3v) is 4.48. The molecule has 0 radical (unpaired) electrons. The molecular formula is C24H16F2N2O4. The second-order valence-electron chi connectivity index (χ2n) is 6.69. The Hall–Kier alpha value is -4.33. The van der Waals surface area contributed by atoms with Gasteiger partial charge in [-0.15, -0.1) is 0 Å². The molecule has 0 saturated heterocycles. The predicted octanol–water partition coefficient (Wildman–Crippen LogP) is 5.08. The zero-order valence-corrected chi connectivity index (χ0v) is 16.5. The number of halogens is 2. The minimum Gasteiger partial charge on any atom is -0.452 e. The Kier molecular flexibility index (Phi) is 6.03. The molecule has 1 N–H and O–H groups in total. The Morgan fingerprint density at radius 1 is 0.969 bits per heavy atom. The van der Waals surface area contributed by atoms with Crippen LogP contribution in [0.5, 0.6) is 0 Å². The van der Waals surface area contributed by atoms with Gasteiger partial charge in [0, 0.05) is 11.6 Å². The number of benzene rings is 3. The van der Waals surface area contributed by atoms with Crippen LogP contribution in [-0.2, 0) is 9.53 Å². The molecular weight excluding hydrogens is 418 g/mol. The summed E-state index contributed by atoms with van der Waals surface area (Å²) in [6.45, 7) is -0.691. The molecule has 6 nitrogen and oxygen atoms in total. The van der Waals surface area contributed by atoms with Crippen molar-refractivity contribution in [1.29, 1.82) is 0 Å². The molecule has 1 heterocycles. The average Bonchev–Trinajstić information content (AvgIpc) is 3.31. The van der Waals surface area contributed by atoms with Crippen LogP contribution in [-0.4, -0.2) is 23.5 Å². The van der Waals surface area contributed by atoms with E-state index in [0.717, 1.165) is 23.8 Å². The molecule has 0 aliphatic heterocycles. The first-order valence-electron chi connectivity index (χ1n) is 9.54. The van der Waals surface area contributed by atoms with Crippen molar-refractivity contribution >= 4 is 17.6 Å². The van der Waals surface area contributed by atoms with Gasteiger partial charge in [0.15, 0.2) is 12.4 Å². The summed E-state index contributed by atoms with van der Waals surface area (Å²) in [5.41, 5.74) is 1.00. The Balaban J connectivity index is 1.47. The maximum Gasteiger partial charge on any atom is 0.339 e. The Labute approximate surface area is 181 Å². The first-order valence-corrected chi connectivity index (χ1v) is 9.54. The SMILES string of the molecule is O=C(COC(=O)c1ccccc1-c1ncc(-c2ccccc2)o1)Nc1cc(F)ccc1F. The van der Waals surface area contributed by atoms with Gasteiger partial charge in [-0.2, -0.15) is 0 Å². The fourth-order valence-corrected chi connectivity index (χ4v) is 2.97. The van der Waals surface area contributed by atoms with E-state index in [1.165, 1.54) is 6.07 Å². The van der Waals surface area contributed by atoms with Crippen LogP contribution < -0.4 is 5.32 Å². The van der Waals surface area contributed by atoms with Crippen LogP contribution in [0.15, 0.2) is 83.4 Å². The van der Waals surface area contributed by atoms with Crippen LogP contribution in [0.3, 0.4) is 0 Å². The number of rotatable bonds is 6. The lowest BCUT2D eigenvalue weighted by Crippen LogP contribution is -2.21. The van der Waals surface area contributed by atoms with Crippen molar-refractivity contribution < 1.29 is 27.5 Å². The van der Waals surface area contributed by atoms with Gasteiger partial charge in [0.1, 0.15) is 11.6 Å². The van der Waals surface area contributed by atoms with Gasteiger partial charge in [-0.25, -0.2) is 18.6 Å². The summed E-state index contributed by atoms with van der Waals surface area (Å²) in [6, 6.07) is 18.5. The third kappa shape index (κ3) is 4.70. The smallest absolute Gasteiger partial charge is 0.339 e. The number of oxazole rings is 1. The third-order valence-electron chi connectivity index (χ3n) is 4.48. The minimum atomic E-state index is -0.817. The van der Waals surface area contributed by atoms with E-state index >= 15 is 0 Å². The van der Waals surface area contributed by atoms with Crippen LogP contribution in [0, 0.1) is 11.6 Å². The maximum atomic E-state index is 13.7. The lowest BCUT2D eigenvalue weighted by molar-refractivity contribution is -0.119. The number of hydrogen-bond donors (Lipinski definition) is 1. The molecule has 1 aromatic heterocycles. The monoisotopic (exact) mass is 434 g/mol. The first kappa shape index (κ1) is 20.9. The molecule has 160 valence electrons. The number of amides is 1. The summed E-state index contributed by atoms with van der Waals surface area (Å²) in [6.07, 6.45) is 1.55. The van der Waals surface area contributed by atoms with Crippen molar-refractivity contribution in [3.05, 3.63) is 96.2 Å². The molecule has 0 unspecified atom stereocenters. The highest BCUT2D eigenvalue weighted by molar-refractivity contribution is 5.99. The van der Waals surface area contributed by atoms with Gasteiger partial charge in [0.25, 0.3) is 5.91 Å². The Morgan fingerprint density at radius 3 is 2.53 bits per heavy atom. The highest BCUT2D eigenvalue weighted by atomic mass is 19.1. The second kappa shape index (κ2) is 9.22. The topological polar surface area (TPSA) is 81.4 Å². The second-order valence-corrected chi connectivity index (χ2v) is 6.69. The molecule has 32 heavy (non-hydrogen) atoms. The fourth-order valence-electron chi connectivity index (χ4n) is 2.97. The summed E-state index contributed by atoms with van der Waals surface area (Å²) in [5.74, 6) is -2.40. The van der Waals surface area contributed by atoms with Gasteiger partial charge in [0.05, 0.1) is 23.0 Å². The average molecular weight is 434 g/mol. The summed E-state index contributed by atoms with van der Waals surface area (Å²) >= 11 is 0. The minimum absolute atomic E-state index is 0.138. The molecule has 0 fully saturated rings. The van der Waals surface area contributed by atoms with Crippen molar-refractivity contribution in [2.45, 2.75) is 0 Å². The van der Waals surface area contributed by atoms with E-state index in [4.69, 9.17) is 9.15 Å². The Bertz CT molecular complexity index is 1270. The summed E-state index contributed by atoms with van der Waals surface area (Å²) in [7, 11) is 0. The number of nitrogens with one attached hydrogen (secondary N) is 1. The van der Waals surface area contributed by atoms with Crippen LogP contribution >= 0.6 is 0 Å². The maximum absolute atomic E-state index is 13.7. The van der Waals surface area contributed by atoms with Crippen LogP contribution in [0.4, 0.5) is 14.5 Å². The van der Waals surface area contributed by atoms with Crippen molar-refractivity contribution in [1.82, 2.24) is 4.98 Å². The largest absolute Gasteiger partial charge is 0.452 e. The van der Waals surface area contributed by atoms with Crippen molar-refractivity contribution in [2.75, 3.05) is 11.9 Å². The molecule has 0 bridgehead atoms. The van der Waals surface area contributed by atoms with E-state index < -0.39 is 30.1 Å². The number of esters is 1. The van der Waals surface area contributed by atoms with Crippen LogP contribution in [0.1, 0.15) is 10.4 Å². The van der Waals surface area contributed by atoms with Crippen molar-refractivity contribution in [3.63, 3.8) is 0 Å². The van der Waals surface area contributed by atoms with Gasteiger partial charge in [0.2, 0.25) is 5.89 Å². The molecule has 8 heteroatoms. The van der Waals surface area contributed by atoms with Crippen molar-refractivity contribution in [3.8, 4) is 22.8 Å². The number of ether oxygens (including phenoxy) is 1. The van der Waals surface area contributed by atoms with E-state index in [-0.39, 0.29) is 17.1 Å². The Morgan fingerprint density at radius 2 is 1.72 bits per heavy atom. The van der Waals surface area contributed by atoms with E-state index in [0.29, 0.717) is 11.3 Å². The van der Waals surface area contributed by atoms with Crippen molar-refractivity contribution in [2.24, 2.45) is 0 Å². The summed E-state index contributed by atoms with van der Waals surface area (Å²) in [4.78, 5) is 28.9. The van der Waals surface area contributed by atoms with Gasteiger partial charge < -0.3 is 14.5 Å². The number of carbonyl (C=O) groups is 2. The summed E-state index contributed by atoms with van der Waals surface area (Å²) in [5, 5.41) is 2.16. The van der Waals surface area contributed by atoms with E-state index in [1.54, 1.807) is 24.4 Å². The fraction of sp³-hybridized carbons (Fsp3) is 0.0417. The number of anilines is 1. The van der Waals surface area contributed by atoms with E-state index in [1.807, 2.05) is 30.3 Å². The highest BCUT2D eigenvalue weighted by Gasteiger charge is 2.19. The normalized spacial score (nSPS) is 10.6. The number of nitrogens with zero attached hydrogens (tertiary/aromatic N) is 1. The summed E-state index contributed by atoms with van der Waals surface area (Å²) < 4.78 is 37.7. The molecule has 1 amide bonds.